The first-order valence-electron chi connectivity index (χ1n) is 5.68. The first-order valence-corrected chi connectivity index (χ1v) is 8.56. The molecule has 0 amide bonds. The summed E-state index contributed by atoms with van der Waals surface area (Å²) in [5.41, 5.74) is -2.07. The molecule has 0 fully saturated rings. The average Bonchev–Trinajstić information content (AvgIpc) is 2.42. The first-order chi connectivity index (χ1) is 10.8. The third-order valence-electron chi connectivity index (χ3n) is 2.94. The standard InChI is InChI=1S/C10H6N2O10S2.Na.H/c13-11(14)8-3-6(23(17,18)19)1-5-2-7(24(20,21)22)4-9(10(5)8)12(15)16;;/h1-4H,(H,17,18,19)(H,20,21,22);;. The number of nitro groups is 2. The normalized spacial score (nSPS) is 11.8. The minimum atomic E-state index is -4.92. The number of non-ortho nitro benzene ring substituents is 2. The quantitative estimate of drug-likeness (QED) is 0.314. The molecule has 130 valence electrons. The average molecular weight is 402 g/mol. The Hall–Kier alpha value is -1.68. The molecule has 2 rings (SSSR count). The van der Waals surface area contributed by atoms with Crippen LogP contribution in [0.15, 0.2) is 34.1 Å². The number of nitro benzene ring substituents is 2. The van der Waals surface area contributed by atoms with Crippen molar-refractivity contribution in [3.05, 3.63) is 44.5 Å². The number of fused-ring (bicyclic) bond motifs is 1. The first kappa shape index (κ1) is 21.4. The Balaban J connectivity index is 0.00000312. The molecule has 0 spiro atoms. The zero-order valence-electron chi connectivity index (χ0n) is 11.2. The van der Waals surface area contributed by atoms with Crippen LogP contribution in [0.1, 0.15) is 0 Å². The van der Waals surface area contributed by atoms with E-state index in [1.165, 1.54) is 0 Å². The van der Waals surface area contributed by atoms with Crippen molar-refractivity contribution in [3.8, 4) is 0 Å². The third-order valence-corrected chi connectivity index (χ3v) is 4.61. The van der Waals surface area contributed by atoms with E-state index < -0.39 is 62.0 Å². The number of benzene rings is 2. The molecular formula is C10H7N2NaO10S2. The van der Waals surface area contributed by atoms with E-state index in [0.29, 0.717) is 24.3 Å². The molecule has 2 aromatic rings. The van der Waals surface area contributed by atoms with Gasteiger partial charge in [0.15, 0.2) is 0 Å². The van der Waals surface area contributed by atoms with Crippen LogP contribution < -0.4 is 0 Å². The molecule has 0 saturated heterocycles. The molecule has 0 radical (unpaired) electrons. The molecule has 2 N–H and O–H groups in total. The number of hydrogen-bond donors (Lipinski definition) is 2. The molecule has 0 atom stereocenters. The minimum absolute atomic E-state index is 0. The van der Waals surface area contributed by atoms with Crippen LogP contribution in [-0.4, -0.2) is 65.3 Å². The molecule has 2 aromatic carbocycles. The molecule has 0 saturated carbocycles. The van der Waals surface area contributed by atoms with Crippen molar-refractivity contribution in [2.75, 3.05) is 0 Å². The van der Waals surface area contributed by atoms with Gasteiger partial charge in [-0.15, -0.1) is 0 Å². The van der Waals surface area contributed by atoms with Gasteiger partial charge in [-0.25, -0.2) is 0 Å². The second-order valence-electron chi connectivity index (χ2n) is 4.45. The second kappa shape index (κ2) is 6.91. The van der Waals surface area contributed by atoms with Crippen LogP contribution in [0.2, 0.25) is 0 Å². The summed E-state index contributed by atoms with van der Waals surface area (Å²) >= 11 is 0. The van der Waals surface area contributed by atoms with Crippen LogP contribution in [0.25, 0.3) is 10.8 Å². The van der Waals surface area contributed by atoms with E-state index in [1.807, 2.05) is 0 Å². The fourth-order valence-electron chi connectivity index (χ4n) is 2.00. The molecule has 0 aliphatic carbocycles. The summed E-state index contributed by atoms with van der Waals surface area (Å²) in [6, 6.07) is 2.02. The fourth-order valence-corrected chi connectivity index (χ4v) is 3.08. The third kappa shape index (κ3) is 4.30. The van der Waals surface area contributed by atoms with Crippen molar-refractivity contribution in [1.29, 1.82) is 0 Å². The SMILES string of the molecule is O=[N+]([O-])c1cc(S(=O)(=O)O)cc2cc(S(=O)(=O)O)cc([N+](=O)[O-])c12.[NaH]. The van der Waals surface area contributed by atoms with Gasteiger partial charge >= 0.3 is 29.6 Å². The van der Waals surface area contributed by atoms with E-state index in [1.54, 1.807) is 0 Å². The maximum atomic E-state index is 11.2. The Labute approximate surface area is 161 Å². The summed E-state index contributed by atoms with van der Waals surface area (Å²) in [4.78, 5) is 18.0. The Morgan fingerprint density at radius 2 is 1.08 bits per heavy atom. The van der Waals surface area contributed by atoms with Gasteiger partial charge in [-0.05, 0) is 17.5 Å². The summed E-state index contributed by atoms with van der Waals surface area (Å²) in [7, 11) is -9.84. The van der Waals surface area contributed by atoms with Crippen molar-refractivity contribution in [1.82, 2.24) is 0 Å². The Morgan fingerprint density at radius 3 is 1.32 bits per heavy atom. The molecule has 15 heteroatoms. The van der Waals surface area contributed by atoms with Crippen LogP contribution in [0.4, 0.5) is 11.4 Å². The Bertz CT molecular complexity index is 1030. The van der Waals surface area contributed by atoms with E-state index >= 15 is 0 Å². The zero-order chi connectivity index (χ0) is 18.4. The molecule has 0 heterocycles. The Kier molecular flexibility index (Phi) is 5.90. The van der Waals surface area contributed by atoms with Crippen molar-refractivity contribution in [3.63, 3.8) is 0 Å². The van der Waals surface area contributed by atoms with Gasteiger partial charge in [0, 0.05) is 12.1 Å². The van der Waals surface area contributed by atoms with Gasteiger partial charge in [-0.2, -0.15) is 16.8 Å². The topological polar surface area (TPSA) is 195 Å². The van der Waals surface area contributed by atoms with Crippen molar-refractivity contribution in [2.24, 2.45) is 0 Å². The van der Waals surface area contributed by atoms with Gasteiger partial charge in [-0.3, -0.25) is 29.3 Å². The Morgan fingerprint density at radius 1 is 0.760 bits per heavy atom. The molecule has 25 heavy (non-hydrogen) atoms. The van der Waals surface area contributed by atoms with E-state index in [-0.39, 0.29) is 29.6 Å². The molecule has 0 aromatic heterocycles. The monoisotopic (exact) mass is 402 g/mol. The van der Waals surface area contributed by atoms with E-state index in [0.717, 1.165) is 0 Å². The molecule has 0 aliphatic rings. The fraction of sp³-hybridized carbons (Fsp3) is 0. The number of nitrogens with zero attached hydrogens (tertiary/aromatic N) is 2. The summed E-state index contributed by atoms with van der Waals surface area (Å²) in [6.07, 6.45) is 0. The zero-order valence-corrected chi connectivity index (χ0v) is 12.8. The van der Waals surface area contributed by atoms with Crippen molar-refractivity contribution in [2.45, 2.75) is 9.79 Å². The molecule has 0 aliphatic heterocycles. The molecule has 0 bridgehead atoms. The molecule has 12 nitrogen and oxygen atoms in total. The maximum absolute atomic E-state index is 11.2. The van der Waals surface area contributed by atoms with Gasteiger partial charge in [0.25, 0.3) is 31.6 Å². The number of rotatable bonds is 4. The summed E-state index contributed by atoms with van der Waals surface area (Å²) in [6.45, 7) is 0. The van der Waals surface area contributed by atoms with Gasteiger partial charge in [-0.1, -0.05) is 0 Å². The van der Waals surface area contributed by atoms with Crippen LogP contribution >= 0.6 is 0 Å². The van der Waals surface area contributed by atoms with Crippen LogP contribution in [-0.2, 0) is 20.2 Å². The van der Waals surface area contributed by atoms with E-state index in [4.69, 9.17) is 9.11 Å². The predicted molar refractivity (Wildman–Crippen MR) is 84.0 cm³/mol. The van der Waals surface area contributed by atoms with E-state index in [2.05, 4.69) is 0 Å². The summed E-state index contributed by atoms with van der Waals surface area (Å²) in [5.74, 6) is 0. The van der Waals surface area contributed by atoms with Gasteiger partial charge in [0.1, 0.15) is 15.2 Å². The van der Waals surface area contributed by atoms with Gasteiger partial charge in [0.2, 0.25) is 0 Å². The van der Waals surface area contributed by atoms with Crippen molar-refractivity contribution < 1.29 is 35.8 Å². The molecular weight excluding hydrogens is 395 g/mol. The predicted octanol–water partition coefficient (Wildman–Crippen LogP) is 0.501. The van der Waals surface area contributed by atoms with Gasteiger partial charge in [0.05, 0.1) is 9.85 Å². The molecule has 0 unspecified atom stereocenters. The summed E-state index contributed by atoms with van der Waals surface area (Å²) in [5, 5.41) is 21.0. The van der Waals surface area contributed by atoms with Gasteiger partial charge < -0.3 is 0 Å². The van der Waals surface area contributed by atoms with Crippen molar-refractivity contribution >= 4 is 71.9 Å². The second-order valence-corrected chi connectivity index (χ2v) is 7.29. The van der Waals surface area contributed by atoms with Crippen LogP contribution in [0.3, 0.4) is 0 Å². The number of hydrogen-bond acceptors (Lipinski definition) is 8. The van der Waals surface area contributed by atoms with E-state index in [9.17, 15) is 37.1 Å². The van der Waals surface area contributed by atoms with Crippen LogP contribution in [0.5, 0.6) is 0 Å². The summed E-state index contributed by atoms with van der Waals surface area (Å²) < 4.78 is 62.8. The van der Waals surface area contributed by atoms with Crippen LogP contribution in [0, 0.1) is 20.2 Å².